The first-order valence-electron chi connectivity index (χ1n) is 9.03. The normalized spacial score (nSPS) is 26.5. The molecule has 1 saturated carbocycles. The van der Waals surface area contributed by atoms with Gasteiger partial charge in [-0.2, -0.15) is 0 Å². The Morgan fingerprint density at radius 1 is 0.958 bits per heavy atom. The molecule has 4 heteroatoms. The molecule has 2 aliphatic heterocycles. The standard InChI is InChI=1S/C20H23N3O/c24-20-17-7-4-10-22(17)18-13-21(11-16-8-9-16)14-19(18)23(20)12-15-5-2-1-3-6-15/h1-7,10,16,18-19H,8-9,11-14H2/t18-,19-/m1/s1. The third-order valence-corrected chi connectivity index (χ3v) is 5.76. The molecule has 3 heterocycles. The van der Waals surface area contributed by atoms with Gasteiger partial charge in [0.15, 0.2) is 0 Å². The van der Waals surface area contributed by atoms with Crippen LogP contribution < -0.4 is 0 Å². The van der Waals surface area contributed by atoms with Gasteiger partial charge in [-0.1, -0.05) is 30.3 Å². The van der Waals surface area contributed by atoms with Gasteiger partial charge in [0.2, 0.25) is 0 Å². The molecule has 0 unspecified atom stereocenters. The number of amides is 1. The van der Waals surface area contributed by atoms with Crippen molar-refractivity contribution >= 4 is 5.91 Å². The van der Waals surface area contributed by atoms with Crippen LogP contribution in [0, 0.1) is 5.92 Å². The van der Waals surface area contributed by atoms with E-state index < -0.39 is 0 Å². The summed E-state index contributed by atoms with van der Waals surface area (Å²) in [6.07, 6.45) is 4.85. The molecule has 0 spiro atoms. The molecule has 2 fully saturated rings. The number of likely N-dealkylation sites (tertiary alicyclic amines) is 1. The molecular formula is C20H23N3O. The SMILES string of the molecule is O=C1c2cccn2[C@@H]2CN(CC3CC3)C[C@H]2N1Cc1ccccc1. The van der Waals surface area contributed by atoms with Crippen molar-refractivity contribution in [3.63, 3.8) is 0 Å². The zero-order valence-electron chi connectivity index (χ0n) is 13.8. The first-order valence-corrected chi connectivity index (χ1v) is 9.03. The molecule has 1 aliphatic carbocycles. The Balaban J connectivity index is 1.46. The van der Waals surface area contributed by atoms with Gasteiger partial charge in [-0.05, 0) is 36.5 Å². The fourth-order valence-corrected chi connectivity index (χ4v) is 4.37. The van der Waals surface area contributed by atoms with Crippen LogP contribution in [0.5, 0.6) is 0 Å². The van der Waals surface area contributed by atoms with Gasteiger partial charge >= 0.3 is 0 Å². The summed E-state index contributed by atoms with van der Waals surface area (Å²) < 4.78 is 2.22. The monoisotopic (exact) mass is 321 g/mol. The molecule has 5 rings (SSSR count). The lowest BCUT2D eigenvalue weighted by atomic mass is 10.0. The van der Waals surface area contributed by atoms with Crippen LogP contribution in [-0.2, 0) is 6.54 Å². The number of hydrogen-bond donors (Lipinski definition) is 0. The topological polar surface area (TPSA) is 28.5 Å². The van der Waals surface area contributed by atoms with Crippen LogP contribution in [0.3, 0.4) is 0 Å². The highest BCUT2D eigenvalue weighted by atomic mass is 16.2. The van der Waals surface area contributed by atoms with Crippen molar-refractivity contribution < 1.29 is 4.79 Å². The molecule has 1 saturated heterocycles. The highest BCUT2D eigenvalue weighted by Gasteiger charge is 2.45. The van der Waals surface area contributed by atoms with Crippen molar-refractivity contribution in [2.75, 3.05) is 19.6 Å². The van der Waals surface area contributed by atoms with Crippen LogP contribution in [0.15, 0.2) is 48.7 Å². The zero-order chi connectivity index (χ0) is 16.1. The van der Waals surface area contributed by atoms with Gasteiger partial charge in [-0.25, -0.2) is 0 Å². The Morgan fingerprint density at radius 2 is 1.75 bits per heavy atom. The van der Waals surface area contributed by atoms with Crippen LogP contribution in [0.25, 0.3) is 0 Å². The fourth-order valence-electron chi connectivity index (χ4n) is 4.37. The molecule has 2 aromatic rings. The minimum absolute atomic E-state index is 0.179. The number of aromatic nitrogens is 1. The van der Waals surface area contributed by atoms with E-state index in [1.54, 1.807) is 0 Å². The fraction of sp³-hybridized carbons (Fsp3) is 0.450. The first kappa shape index (κ1) is 14.3. The Morgan fingerprint density at radius 3 is 2.54 bits per heavy atom. The van der Waals surface area contributed by atoms with E-state index in [2.05, 4.69) is 44.8 Å². The number of carbonyl (C=O) groups is 1. The molecule has 24 heavy (non-hydrogen) atoms. The molecule has 0 radical (unpaired) electrons. The maximum Gasteiger partial charge on any atom is 0.271 e. The van der Waals surface area contributed by atoms with Gasteiger partial charge in [0.1, 0.15) is 5.69 Å². The Hall–Kier alpha value is -2.07. The minimum atomic E-state index is 0.179. The number of carbonyl (C=O) groups excluding carboxylic acids is 1. The van der Waals surface area contributed by atoms with Crippen LogP contribution >= 0.6 is 0 Å². The Bertz CT molecular complexity index is 749. The van der Waals surface area contributed by atoms with Gasteiger partial charge in [0.05, 0.1) is 12.1 Å². The predicted molar refractivity (Wildman–Crippen MR) is 92.7 cm³/mol. The summed E-state index contributed by atoms with van der Waals surface area (Å²) in [6, 6.07) is 15.0. The number of fused-ring (bicyclic) bond motifs is 3. The highest BCUT2D eigenvalue weighted by molar-refractivity contribution is 5.94. The highest BCUT2D eigenvalue weighted by Crippen LogP contribution is 2.37. The smallest absolute Gasteiger partial charge is 0.271 e. The maximum absolute atomic E-state index is 13.1. The van der Waals surface area contributed by atoms with E-state index in [4.69, 9.17) is 0 Å². The Labute approximate surface area is 142 Å². The van der Waals surface area contributed by atoms with Crippen molar-refractivity contribution in [3.8, 4) is 0 Å². The van der Waals surface area contributed by atoms with Gasteiger partial charge in [0, 0.05) is 32.4 Å². The lowest BCUT2D eigenvalue weighted by molar-refractivity contribution is 0.0557. The second kappa shape index (κ2) is 5.49. The maximum atomic E-state index is 13.1. The van der Waals surface area contributed by atoms with Crippen molar-refractivity contribution in [3.05, 3.63) is 59.9 Å². The first-order chi connectivity index (χ1) is 11.8. The van der Waals surface area contributed by atoms with Crippen LogP contribution in [0.1, 0.15) is 34.9 Å². The summed E-state index contributed by atoms with van der Waals surface area (Å²) in [7, 11) is 0. The van der Waals surface area contributed by atoms with Crippen LogP contribution in [0.2, 0.25) is 0 Å². The second-order valence-electron chi connectivity index (χ2n) is 7.52. The third kappa shape index (κ3) is 2.37. The van der Waals surface area contributed by atoms with Crippen LogP contribution in [0.4, 0.5) is 0 Å². The molecule has 3 aliphatic rings. The molecule has 124 valence electrons. The van der Waals surface area contributed by atoms with Gasteiger partial charge in [-0.3, -0.25) is 9.69 Å². The van der Waals surface area contributed by atoms with E-state index in [9.17, 15) is 4.79 Å². The van der Waals surface area contributed by atoms with Gasteiger partial charge < -0.3 is 9.47 Å². The molecule has 2 atom stereocenters. The minimum Gasteiger partial charge on any atom is -0.337 e. The van der Waals surface area contributed by atoms with Gasteiger partial charge in [-0.15, -0.1) is 0 Å². The van der Waals surface area contributed by atoms with E-state index in [0.717, 1.165) is 24.7 Å². The van der Waals surface area contributed by atoms with E-state index in [1.165, 1.54) is 24.9 Å². The predicted octanol–water partition coefficient (Wildman–Crippen LogP) is 2.78. The number of benzene rings is 1. The molecule has 4 nitrogen and oxygen atoms in total. The number of nitrogens with zero attached hydrogens (tertiary/aromatic N) is 3. The third-order valence-electron chi connectivity index (χ3n) is 5.76. The summed E-state index contributed by atoms with van der Waals surface area (Å²) in [4.78, 5) is 17.7. The van der Waals surface area contributed by atoms with Crippen molar-refractivity contribution in [2.45, 2.75) is 31.5 Å². The van der Waals surface area contributed by atoms with E-state index in [1.807, 2.05) is 18.2 Å². The molecular weight excluding hydrogens is 298 g/mol. The van der Waals surface area contributed by atoms with Crippen molar-refractivity contribution in [1.29, 1.82) is 0 Å². The molecule has 0 bridgehead atoms. The zero-order valence-corrected chi connectivity index (χ0v) is 13.8. The van der Waals surface area contributed by atoms with Gasteiger partial charge in [0.25, 0.3) is 5.91 Å². The lowest BCUT2D eigenvalue weighted by Gasteiger charge is -2.38. The lowest BCUT2D eigenvalue weighted by Crippen LogP contribution is -2.49. The molecule has 1 aromatic heterocycles. The van der Waals surface area contributed by atoms with Crippen LogP contribution in [-0.4, -0.2) is 46.0 Å². The molecule has 1 aromatic carbocycles. The summed E-state index contributed by atoms with van der Waals surface area (Å²) in [5, 5.41) is 0. The summed E-state index contributed by atoms with van der Waals surface area (Å²) in [5.41, 5.74) is 2.06. The number of hydrogen-bond acceptors (Lipinski definition) is 2. The second-order valence-corrected chi connectivity index (χ2v) is 7.52. The van der Waals surface area contributed by atoms with E-state index in [-0.39, 0.29) is 11.9 Å². The van der Waals surface area contributed by atoms with E-state index in [0.29, 0.717) is 12.6 Å². The summed E-state index contributed by atoms with van der Waals surface area (Å²) in [5.74, 6) is 1.07. The quantitative estimate of drug-likeness (QED) is 0.866. The largest absolute Gasteiger partial charge is 0.337 e. The number of rotatable bonds is 4. The van der Waals surface area contributed by atoms with Crippen molar-refractivity contribution in [2.24, 2.45) is 5.92 Å². The summed E-state index contributed by atoms with van der Waals surface area (Å²) >= 11 is 0. The summed E-state index contributed by atoms with van der Waals surface area (Å²) in [6.45, 7) is 4.00. The van der Waals surface area contributed by atoms with E-state index >= 15 is 0 Å². The average molecular weight is 321 g/mol. The average Bonchev–Trinajstić information content (AvgIpc) is 3.10. The van der Waals surface area contributed by atoms with Crippen molar-refractivity contribution in [1.82, 2.24) is 14.4 Å². The molecule has 0 N–H and O–H groups in total. The molecule has 1 amide bonds. The Kier molecular flexibility index (Phi) is 3.27.